The normalized spacial score (nSPS) is 11.5. The molecule has 0 aliphatic rings. The van der Waals surface area contributed by atoms with Gasteiger partial charge in [0.05, 0.1) is 26.5 Å². The minimum absolute atomic E-state index is 0.111. The number of rotatable bonds is 7. The van der Waals surface area contributed by atoms with Crippen LogP contribution in [0.2, 0.25) is 0 Å². The maximum atomic E-state index is 12.3. The molecule has 0 aliphatic carbocycles. The van der Waals surface area contributed by atoms with Gasteiger partial charge in [0.15, 0.2) is 6.54 Å². The SMILES string of the molecule is C=CC[NH+](CC(=O)Nc1ccccc1C#N)Cc1ccc(Br)s1. The number of para-hydroxylation sites is 1. The Bertz CT molecular complexity index is 735. The quantitative estimate of drug-likeness (QED) is 0.713. The lowest BCUT2D eigenvalue weighted by Crippen LogP contribution is -3.11. The number of nitriles is 1. The van der Waals surface area contributed by atoms with Gasteiger partial charge >= 0.3 is 0 Å². The molecule has 1 aromatic carbocycles. The van der Waals surface area contributed by atoms with Crippen LogP contribution in [0.4, 0.5) is 5.69 Å². The number of hydrogen-bond donors (Lipinski definition) is 2. The van der Waals surface area contributed by atoms with E-state index in [1.165, 1.54) is 4.88 Å². The van der Waals surface area contributed by atoms with Crippen molar-refractivity contribution in [3.8, 4) is 6.07 Å². The Hall–Kier alpha value is -1.94. The molecule has 0 aliphatic heterocycles. The van der Waals surface area contributed by atoms with Gasteiger partial charge in [0.25, 0.3) is 5.91 Å². The topological polar surface area (TPSA) is 57.3 Å². The molecule has 0 spiro atoms. The predicted octanol–water partition coefficient (Wildman–Crippen LogP) is 2.59. The van der Waals surface area contributed by atoms with Crippen LogP contribution in [-0.2, 0) is 11.3 Å². The summed E-state index contributed by atoms with van der Waals surface area (Å²) >= 11 is 5.12. The molecule has 6 heteroatoms. The van der Waals surface area contributed by atoms with Crippen LogP contribution in [-0.4, -0.2) is 19.0 Å². The van der Waals surface area contributed by atoms with Crippen molar-refractivity contribution in [3.05, 3.63) is 63.3 Å². The van der Waals surface area contributed by atoms with Gasteiger partial charge in [-0.1, -0.05) is 18.7 Å². The lowest BCUT2D eigenvalue weighted by Gasteiger charge is -2.17. The standard InChI is InChI=1S/C17H16BrN3OS/c1-2-9-21(11-14-7-8-16(18)23-14)12-17(22)20-15-6-4-3-5-13(15)10-19/h2-8H,1,9,11-12H2,(H,20,22)/p+1. The number of amides is 1. The second-order valence-electron chi connectivity index (χ2n) is 5.01. The largest absolute Gasteiger partial charge is 0.320 e. The number of anilines is 1. The molecule has 1 aromatic heterocycles. The molecule has 0 radical (unpaired) electrons. The highest BCUT2D eigenvalue weighted by molar-refractivity contribution is 9.11. The second kappa shape index (κ2) is 8.63. The molecule has 1 atom stereocenters. The van der Waals surface area contributed by atoms with Crippen LogP contribution < -0.4 is 10.2 Å². The van der Waals surface area contributed by atoms with Gasteiger partial charge < -0.3 is 10.2 Å². The van der Waals surface area contributed by atoms with Crippen LogP contribution in [0.1, 0.15) is 10.4 Å². The Balaban J connectivity index is 2.00. The summed E-state index contributed by atoms with van der Waals surface area (Å²) in [5.74, 6) is -0.111. The molecule has 118 valence electrons. The van der Waals surface area contributed by atoms with E-state index in [1.807, 2.05) is 12.1 Å². The summed E-state index contributed by atoms with van der Waals surface area (Å²) in [5.41, 5.74) is 1.02. The number of benzene rings is 1. The molecule has 4 nitrogen and oxygen atoms in total. The van der Waals surface area contributed by atoms with Gasteiger partial charge in [-0.15, -0.1) is 11.3 Å². The van der Waals surface area contributed by atoms with Crippen LogP contribution in [0.3, 0.4) is 0 Å². The van der Waals surface area contributed by atoms with E-state index in [0.717, 1.165) is 15.2 Å². The number of halogens is 1. The van der Waals surface area contributed by atoms with Crippen molar-refractivity contribution >= 4 is 38.9 Å². The molecule has 0 saturated carbocycles. The number of carbonyl (C=O) groups is 1. The zero-order valence-electron chi connectivity index (χ0n) is 12.5. The van der Waals surface area contributed by atoms with Crippen LogP contribution in [0, 0.1) is 11.3 Å². The fourth-order valence-corrected chi connectivity index (χ4v) is 3.77. The molecular weight excluding hydrogens is 374 g/mol. The zero-order valence-corrected chi connectivity index (χ0v) is 14.9. The summed E-state index contributed by atoms with van der Waals surface area (Å²) in [7, 11) is 0. The summed E-state index contributed by atoms with van der Waals surface area (Å²) in [5, 5.41) is 11.9. The first-order valence-corrected chi connectivity index (χ1v) is 8.71. The van der Waals surface area contributed by atoms with Gasteiger partial charge in [-0.2, -0.15) is 5.26 Å². The van der Waals surface area contributed by atoms with Gasteiger partial charge in [0.1, 0.15) is 12.6 Å². The number of carbonyl (C=O) groups excluding carboxylic acids is 1. The van der Waals surface area contributed by atoms with Crippen molar-refractivity contribution in [2.75, 3.05) is 18.4 Å². The lowest BCUT2D eigenvalue weighted by molar-refractivity contribution is -0.899. The third kappa shape index (κ3) is 5.32. The van der Waals surface area contributed by atoms with E-state index in [-0.39, 0.29) is 5.91 Å². The molecule has 0 fully saturated rings. The van der Waals surface area contributed by atoms with Gasteiger partial charge in [0.2, 0.25) is 0 Å². The first kappa shape index (κ1) is 17.4. The Morgan fingerprint density at radius 1 is 1.39 bits per heavy atom. The summed E-state index contributed by atoms with van der Waals surface area (Å²) < 4.78 is 1.08. The molecule has 0 bridgehead atoms. The Morgan fingerprint density at radius 3 is 2.83 bits per heavy atom. The van der Waals surface area contributed by atoms with E-state index in [2.05, 4.69) is 40.0 Å². The molecule has 2 N–H and O–H groups in total. The molecular formula is C17H17BrN3OS+. The van der Waals surface area contributed by atoms with Crippen molar-refractivity contribution in [3.63, 3.8) is 0 Å². The highest BCUT2D eigenvalue weighted by Crippen LogP contribution is 2.21. The molecule has 1 unspecified atom stereocenters. The Labute approximate surface area is 148 Å². The van der Waals surface area contributed by atoms with Crippen LogP contribution in [0.25, 0.3) is 0 Å². The molecule has 2 rings (SSSR count). The van der Waals surface area contributed by atoms with Crippen molar-refractivity contribution in [1.82, 2.24) is 0 Å². The van der Waals surface area contributed by atoms with Crippen LogP contribution in [0.15, 0.2) is 52.8 Å². The average molecular weight is 391 g/mol. The van der Waals surface area contributed by atoms with Crippen molar-refractivity contribution < 1.29 is 9.69 Å². The highest BCUT2D eigenvalue weighted by atomic mass is 79.9. The van der Waals surface area contributed by atoms with Crippen molar-refractivity contribution in [2.45, 2.75) is 6.54 Å². The molecule has 1 amide bonds. The van der Waals surface area contributed by atoms with Gasteiger partial charge in [-0.05, 0) is 46.3 Å². The van der Waals surface area contributed by atoms with E-state index in [0.29, 0.717) is 24.3 Å². The number of thiophene rings is 1. The number of nitrogens with zero attached hydrogens (tertiary/aromatic N) is 1. The van der Waals surface area contributed by atoms with Gasteiger partial charge in [-0.25, -0.2) is 0 Å². The summed E-state index contributed by atoms with van der Waals surface area (Å²) in [6.07, 6.45) is 1.81. The van der Waals surface area contributed by atoms with Crippen LogP contribution in [0.5, 0.6) is 0 Å². The van der Waals surface area contributed by atoms with E-state index in [1.54, 1.807) is 35.6 Å². The first-order chi connectivity index (χ1) is 11.1. The number of hydrogen-bond acceptors (Lipinski definition) is 3. The summed E-state index contributed by atoms with van der Waals surface area (Å²) in [6.45, 7) is 5.54. The predicted molar refractivity (Wildman–Crippen MR) is 96.4 cm³/mol. The van der Waals surface area contributed by atoms with Gasteiger partial charge in [0, 0.05) is 0 Å². The molecule has 2 aromatic rings. The van der Waals surface area contributed by atoms with Crippen LogP contribution >= 0.6 is 27.3 Å². The van der Waals surface area contributed by atoms with E-state index >= 15 is 0 Å². The fourth-order valence-electron chi connectivity index (χ4n) is 2.22. The fraction of sp³-hybridized carbons (Fsp3) is 0.176. The highest BCUT2D eigenvalue weighted by Gasteiger charge is 2.16. The maximum absolute atomic E-state index is 12.3. The minimum atomic E-state index is -0.111. The molecule has 1 heterocycles. The maximum Gasteiger partial charge on any atom is 0.279 e. The smallest absolute Gasteiger partial charge is 0.279 e. The summed E-state index contributed by atoms with van der Waals surface area (Å²) in [6, 6.07) is 13.1. The Morgan fingerprint density at radius 2 is 2.17 bits per heavy atom. The Kier molecular flexibility index (Phi) is 6.53. The molecule has 0 saturated heterocycles. The molecule has 23 heavy (non-hydrogen) atoms. The van der Waals surface area contributed by atoms with Gasteiger partial charge in [-0.3, -0.25) is 4.79 Å². The lowest BCUT2D eigenvalue weighted by atomic mass is 10.2. The third-order valence-corrected chi connectivity index (χ3v) is 4.84. The van der Waals surface area contributed by atoms with E-state index in [4.69, 9.17) is 5.26 Å². The third-order valence-electron chi connectivity index (χ3n) is 3.22. The first-order valence-electron chi connectivity index (χ1n) is 7.10. The number of nitrogens with one attached hydrogen (secondary N) is 2. The summed E-state index contributed by atoms with van der Waals surface area (Å²) in [4.78, 5) is 14.6. The van der Waals surface area contributed by atoms with Crippen molar-refractivity contribution in [2.24, 2.45) is 0 Å². The minimum Gasteiger partial charge on any atom is -0.320 e. The zero-order chi connectivity index (χ0) is 16.7. The van der Waals surface area contributed by atoms with E-state index in [9.17, 15) is 4.79 Å². The second-order valence-corrected chi connectivity index (χ2v) is 7.56. The number of quaternary nitrogens is 1. The van der Waals surface area contributed by atoms with E-state index < -0.39 is 0 Å². The van der Waals surface area contributed by atoms with Crippen molar-refractivity contribution in [1.29, 1.82) is 5.26 Å². The average Bonchev–Trinajstić information content (AvgIpc) is 2.93. The monoisotopic (exact) mass is 390 g/mol.